The minimum Gasteiger partial charge on any atom is -0.496 e. The molecule has 0 spiro atoms. The van der Waals surface area contributed by atoms with Gasteiger partial charge in [0.1, 0.15) is 17.3 Å². The molecule has 176 valence electrons. The summed E-state index contributed by atoms with van der Waals surface area (Å²) < 4.78 is 13.5. The Bertz CT molecular complexity index is 1280. The summed E-state index contributed by atoms with van der Waals surface area (Å²) in [7, 11) is 1.56. The number of ether oxygens (including phenoxy) is 2. The van der Waals surface area contributed by atoms with Crippen molar-refractivity contribution in [2.75, 3.05) is 13.7 Å². The van der Waals surface area contributed by atoms with Crippen LogP contribution in [-0.4, -0.2) is 29.2 Å². The molecule has 3 aromatic carbocycles. The molecule has 1 N–H and O–H groups in total. The Balaban J connectivity index is 1.49. The summed E-state index contributed by atoms with van der Waals surface area (Å²) in [4.78, 5) is 17.8. The molecule has 34 heavy (non-hydrogen) atoms. The average Bonchev–Trinajstić information content (AvgIpc) is 3.20. The maximum atomic E-state index is 13.0. The van der Waals surface area contributed by atoms with Crippen LogP contribution in [0, 0.1) is 13.8 Å². The van der Waals surface area contributed by atoms with Crippen molar-refractivity contribution in [2.45, 2.75) is 39.8 Å². The predicted molar refractivity (Wildman–Crippen MR) is 135 cm³/mol. The second-order valence-corrected chi connectivity index (χ2v) is 8.53. The number of hydrogen-bond donors (Lipinski definition) is 1. The lowest BCUT2D eigenvalue weighted by Gasteiger charge is -2.17. The van der Waals surface area contributed by atoms with E-state index in [-0.39, 0.29) is 11.9 Å². The molecule has 0 fully saturated rings. The van der Waals surface area contributed by atoms with Gasteiger partial charge in [0, 0.05) is 6.54 Å². The molecule has 1 atom stereocenters. The predicted octanol–water partition coefficient (Wildman–Crippen LogP) is 5.62. The first-order valence-electron chi connectivity index (χ1n) is 11.6. The number of nitrogens with zero attached hydrogens (tertiary/aromatic N) is 2. The molecule has 6 nitrogen and oxygen atoms in total. The van der Waals surface area contributed by atoms with E-state index in [1.165, 1.54) is 11.1 Å². The smallest absolute Gasteiger partial charge is 0.255 e. The van der Waals surface area contributed by atoms with Crippen LogP contribution in [-0.2, 0) is 6.54 Å². The van der Waals surface area contributed by atoms with Gasteiger partial charge in [-0.15, -0.1) is 0 Å². The number of carbonyl (C=O) groups is 1. The topological polar surface area (TPSA) is 65.4 Å². The highest BCUT2D eigenvalue weighted by atomic mass is 16.5. The number of para-hydroxylation sites is 3. The molecule has 4 rings (SSSR count). The van der Waals surface area contributed by atoms with Crippen LogP contribution in [0.25, 0.3) is 11.0 Å². The third kappa shape index (κ3) is 5.22. The van der Waals surface area contributed by atoms with Gasteiger partial charge >= 0.3 is 0 Å². The summed E-state index contributed by atoms with van der Waals surface area (Å²) in [5, 5.41) is 3.08. The Morgan fingerprint density at radius 3 is 2.50 bits per heavy atom. The van der Waals surface area contributed by atoms with Crippen molar-refractivity contribution < 1.29 is 14.3 Å². The number of nitrogens with one attached hydrogen (secondary N) is 1. The highest BCUT2D eigenvalue weighted by molar-refractivity contribution is 5.97. The van der Waals surface area contributed by atoms with Crippen molar-refractivity contribution in [1.29, 1.82) is 0 Å². The van der Waals surface area contributed by atoms with E-state index in [1.54, 1.807) is 19.2 Å². The largest absolute Gasteiger partial charge is 0.496 e. The Kier molecular flexibility index (Phi) is 7.16. The second-order valence-electron chi connectivity index (χ2n) is 8.53. The normalized spacial score (nSPS) is 11.9. The molecule has 4 aromatic rings. The number of carbonyl (C=O) groups excluding carboxylic acids is 1. The van der Waals surface area contributed by atoms with Crippen LogP contribution in [0.4, 0.5) is 0 Å². The van der Waals surface area contributed by atoms with Gasteiger partial charge in [-0.2, -0.15) is 0 Å². The molecule has 0 saturated carbocycles. The summed E-state index contributed by atoms with van der Waals surface area (Å²) in [6, 6.07) is 21.2. The van der Waals surface area contributed by atoms with Gasteiger partial charge < -0.3 is 19.4 Å². The van der Waals surface area contributed by atoms with Crippen LogP contribution in [0.2, 0.25) is 0 Å². The Morgan fingerprint density at radius 1 is 1.03 bits per heavy atom. The first-order valence-corrected chi connectivity index (χ1v) is 11.6. The van der Waals surface area contributed by atoms with Crippen LogP contribution >= 0.6 is 0 Å². The molecule has 1 unspecified atom stereocenters. The number of fused-ring (bicyclic) bond motifs is 1. The zero-order valence-corrected chi connectivity index (χ0v) is 20.2. The Morgan fingerprint density at radius 2 is 1.74 bits per heavy atom. The van der Waals surface area contributed by atoms with Gasteiger partial charge in [0.15, 0.2) is 0 Å². The fourth-order valence-electron chi connectivity index (χ4n) is 4.26. The van der Waals surface area contributed by atoms with E-state index >= 15 is 0 Å². The first kappa shape index (κ1) is 23.4. The molecule has 0 bridgehead atoms. The van der Waals surface area contributed by atoms with Crippen LogP contribution in [0.5, 0.6) is 11.5 Å². The molecule has 1 heterocycles. The summed E-state index contributed by atoms with van der Waals surface area (Å²) in [6.45, 7) is 7.43. The fourth-order valence-corrected chi connectivity index (χ4v) is 4.26. The SMILES string of the molecule is COc1ccccc1C(=O)NC(C)c1nc2ccccc2n1CCCOc1cc(C)cc(C)c1. The lowest BCUT2D eigenvalue weighted by Crippen LogP contribution is -2.29. The quantitative estimate of drug-likeness (QED) is 0.331. The molecule has 0 saturated heterocycles. The van der Waals surface area contributed by atoms with Gasteiger partial charge in [-0.3, -0.25) is 4.79 Å². The van der Waals surface area contributed by atoms with Gasteiger partial charge in [0.25, 0.3) is 5.91 Å². The Hall–Kier alpha value is -3.80. The molecule has 0 aliphatic carbocycles. The minimum atomic E-state index is -0.287. The van der Waals surface area contributed by atoms with Crippen LogP contribution in [0.15, 0.2) is 66.7 Å². The number of rotatable bonds is 9. The number of amides is 1. The highest BCUT2D eigenvalue weighted by Crippen LogP contribution is 2.23. The van der Waals surface area contributed by atoms with E-state index in [0.29, 0.717) is 17.9 Å². The monoisotopic (exact) mass is 457 g/mol. The maximum absolute atomic E-state index is 13.0. The van der Waals surface area contributed by atoms with Crippen molar-refractivity contribution in [3.8, 4) is 11.5 Å². The van der Waals surface area contributed by atoms with E-state index in [1.807, 2.05) is 37.3 Å². The summed E-state index contributed by atoms with van der Waals surface area (Å²) in [5.41, 5.74) is 4.84. The zero-order valence-electron chi connectivity index (χ0n) is 20.2. The van der Waals surface area contributed by atoms with Crippen molar-refractivity contribution in [2.24, 2.45) is 0 Å². The van der Waals surface area contributed by atoms with Gasteiger partial charge in [0.05, 0.1) is 36.4 Å². The number of methoxy groups -OCH3 is 1. The van der Waals surface area contributed by atoms with Gasteiger partial charge in [-0.1, -0.05) is 30.3 Å². The van der Waals surface area contributed by atoms with E-state index in [0.717, 1.165) is 35.6 Å². The van der Waals surface area contributed by atoms with Gasteiger partial charge in [0.2, 0.25) is 0 Å². The fraction of sp³-hybridized carbons (Fsp3) is 0.286. The molecule has 1 aromatic heterocycles. The lowest BCUT2D eigenvalue weighted by molar-refractivity contribution is 0.0934. The van der Waals surface area contributed by atoms with Crippen LogP contribution < -0.4 is 14.8 Å². The molecule has 0 radical (unpaired) electrons. The molecular formula is C28H31N3O3. The average molecular weight is 458 g/mol. The van der Waals surface area contributed by atoms with E-state index in [9.17, 15) is 4.79 Å². The van der Waals surface area contributed by atoms with Crippen LogP contribution in [0.3, 0.4) is 0 Å². The third-order valence-electron chi connectivity index (χ3n) is 5.76. The summed E-state index contributed by atoms with van der Waals surface area (Å²) in [5.74, 6) is 2.06. The maximum Gasteiger partial charge on any atom is 0.255 e. The summed E-state index contributed by atoms with van der Waals surface area (Å²) in [6.07, 6.45) is 0.813. The van der Waals surface area contributed by atoms with Gasteiger partial charge in [-0.05, 0) is 74.7 Å². The number of imidazole rings is 1. The van der Waals surface area contributed by atoms with E-state index in [2.05, 4.69) is 48.0 Å². The van der Waals surface area contributed by atoms with Crippen molar-refractivity contribution in [3.05, 3.63) is 89.2 Å². The molecule has 0 aliphatic heterocycles. The third-order valence-corrected chi connectivity index (χ3v) is 5.76. The van der Waals surface area contributed by atoms with E-state index in [4.69, 9.17) is 14.5 Å². The first-order chi connectivity index (χ1) is 16.5. The number of aromatic nitrogens is 2. The van der Waals surface area contributed by atoms with E-state index < -0.39 is 0 Å². The van der Waals surface area contributed by atoms with Crippen LogP contribution in [0.1, 0.15) is 46.7 Å². The Labute approximate surface area is 200 Å². The number of benzene rings is 3. The lowest BCUT2D eigenvalue weighted by atomic mass is 10.1. The summed E-state index contributed by atoms with van der Waals surface area (Å²) >= 11 is 0. The van der Waals surface area contributed by atoms with Crippen molar-refractivity contribution >= 4 is 16.9 Å². The number of hydrogen-bond acceptors (Lipinski definition) is 4. The molecule has 6 heteroatoms. The van der Waals surface area contributed by atoms with Crippen molar-refractivity contribution in [3.63, 3.8) is 0 Å². The standard InChI is InChI=1S/C28H31N3O3/c1-19-16-20(2)18-22(17-19)34-15-9-14-31-25-12-7-6-11-24(25)30-27(31)21(3)29-28(32)23-10-5-8-13-26(23)33-4/h5-8,10-13,16-18,21H,9,14-15H2,1-4H3,(H,29,32). The molecule has 1 amide bonds. The molecular weight excluding hydrogens is 426 g/mol. The number of aryl methyl sites for hydroxylation is 3. The highest BCUT2D eigenvalue weighted by Gasteiger charge is 2.20. The molecule has 0 aliphatic rings. The second kappa shape index (κ2) is 10.4. The minimum absolute atomic E-state index is 0.193. The zero-order chi connectivity index (χ0) is 24.1. The van der Waals surface area contributed by atoms with Crippen molar-refractivity contribution in [1.82, 2.24) is 14.9 Å². The van der Waals surface area contributed by atoms with Gasteiger partial charge in [-0.25, -0.2) is 4.98 Å².